The van der Waals surface area contributed by atoms with Crippen LogP contribution >= 0.6 is 23.2 Å². The molecule has 0 atom stereocenters. The minimum atomic E-state index is -4.17. The number of piperidine rings is 1. The summed E-state index contributed by atoms with van der Waals surface area (Å²) >= 11 is 12.5. The SMILES string of the molecule is O=C(CN(c1cccc(Cl)c1Cl)S(=O)(=O)c1ccccc1)Nc1ccccc1C(=O)N1CCCCC1. The van der Waals surface area contributed by atoms with Gasteiger partial charge in [-0.2, -0.15) is 0 Å². The molecule has 0 radical (unpaired) electrons. The Balaban J connectivity index is 1.64. The summed E-state index contributed by atoms with van der Waals surface area (Å²) in [5.74, 6) is -0.804. The lowest BCUT2D eigenvalue weighted by Crippen LogP contribution is -2.39. The number of hydrogen-bond donors (Lipinski definition) is 1. The van der Waals surface area contributed by atoms with Crippen molar-refractivity contribution in [1.29, 1.82) is 0 Å². The topological polar surface area (TPSA) is 86.8 Å². The highest BCUT2D eigenvalue weighted by atomic mass is 35.5. The second-order valence-electron chi connectivity index (χ2n) is 8.34. The highest BCUT2D eigenvalue weighted by Gasteiger charge is 2.30. The van der Waals surface area contributed by atoms with Crippen molar-refractivity contribution in [2.75, 3.05) is 29.3 Å². The van der Waals surface area contributed by atoms with Gasteiger partial charge in [-0.3, -0.25) is 13.9 Å². The third-order valence-electron chi connectivity index (χ3n) is 5.89. The molecular weight excluding hydrogens is 521 g/mol. The van der Waals surface area contributed by atoms with Crippen LogP contribution in [0.25, 0.3) is 0 Å². The number of amides is 2. The van der Waals surface area contributed by atoms with E-state index in [0.717, 1.165) is 23.6 Å². The fourth-order valence-corrected chi connectivity index (χ4v) is 5.97. The van der Waals surface area contributed by atoms with Crippen LogP contribution in [0.5, 0.6) is 0 Å². The van der Waals surface area contributed by atoms with Crippen LogP contribution in [0.4, 0.5) is 11.4 Å². The van der Waals surface area contributed by atoms with Crippen LogP contribution < -0.4 is 9.62 Å². The Kier molecular flexibility index (Phi) is 8.18. The molecule has 0 aromatic heterocycles. The molecular formula is C26H25Cl2N3O4S. The third kappa shape index (κ3) is 5.67. The number of carbonyl (C=O) groups is 2. The van der Waals surface area contributed by atoms with E-state index in [0.29, 0.717) is 24.3 Å². The van der Waals surface area contributed by atoms with E-state index in [1.54, 1.807) is 53.4 Å². The third-order valence-corrected chi connectivity index (χ3v) is 8.48. The van der Waals surface area contributed by atoms with E-state index in [1.807, 2.05) is 0 Å². The molecule has 1 aliphatic rings. The quantitative estimate of drug-likeness (QED) is 0.427. The second kappa shape index (κ2) is 11.3. The maximum Gasteiger partial charge on any atom is 0.264 e. The van der Waals surface area contributed by atoms with Crippen molar-refractivity contribution in [3.8, 4) is 0 Å². The molecule has 4 rings (SSSR count). The monoisotopic (exact) mass is 545 g/mol. The van der Waals surface area contributed by atoms with E-state index < -0.39 is 22.5 Å². The van der Waals surface area contributed by atoms with E-state index >= 15 is 0 Å². The van der Waals surface area contributed by atoms with Crippen LogP contribution in [0.15, 0.2) is 77.7 Å². The fourth-order valence-electron chi connectivity index (χ4n) is 4.07. The lowest BCUT2D eigenvalue weighted by molar-refractivity contribution is -0.114. The lowest BCUT2D eigenvalue weighted by Gasteiger charge is -2.28. The second-order valence-corrected chi connectivity index (χ2v) is 11.0. The Morgan fingerprint density at radius 1 is 0.861 bits per heavy atom. The minimum Gasteiger partial charge on any atom is -0.339 e. The molecule has 3 aromatic carbocycles. The summed E-state index contributed by atoms with van der Waals surface area (Å²) in [6.45, 7) is 0.748. The molecule has 3 aromatic rings. The van der Waals surface area contributed by atoms with Gasteiger partial charge in [-0.1, -0.05) is 59.6 Å². The molecule has 1 fully saturated rings. The Morgan fingerprint density at radius 3 is 2.25 bits per heavy atom. The molecule has 188 valence electrons. The average molecular weight is 546 g/mol. The van der Waals surface area contributed by atoms with Crippen LogP contribution in [0.2, 0.25) is 10.0 Å². The Labute approximate surface area is 220 Å². The van der Waals surface area contributed by atoms with Crippen LogP contribution in [-0.4, -0.2) is 44.8 Å². The van der Waals surface area contributed by atoms with Crippen LogP contribution in [0, 0.1) is 0 Å². The average Bonchev–Trinajstić information content (AvgIpc) is 2.90. The van der Waals surface area contributed by atoms with Gasteiger partial charge in [0.2, 0.25) is 5.91 Å². The summed E-state index contributed by atoms with van der Waals surface area (Å²) in [5.41, 5.74) is 0.735. The molecule has 10 heteroatoms. The van der Waals surface area contributed by atoms with Crippen molar-refractivity contribution in [2.45, 2.75) is 24.2 Å². The predicted octanol–water partition coefficient (Wildman–Crippen LogP) is 5.45. The molecule has 2 amide bonds. The first-order valence-corrected chi connectivity index (χ1v) is 13.7. The smallest absolute Gasteiger partial charge is 0.264 e. The number of anilines is 2. The molecule has 1 saturated heterocycles. The molecule has 0 unspecified atom stereocenters. The number of benzene rings is 3. The van der Waals surface area contributed by atoms with Crippen molar-refractivity contribution in [3.05, 3.63) is 88.4 Å². The number of hydrogen-bond acceptors (Lipinski definition) is 4. The first-order chi connectivity index (χ1) is 17.3. The molecule has 1 N–H and O–H groups in total. The molecule has 0 saturated carbocycles. The summed E-state index contributed by atoms with van der Waals surface area (Å²) in [5, 5.41) is 2.88. The molecule has 1 heterocycles. The van der Waals surface area contributed by atoms with Crippen molar-refractivity contribution in [3.63, 3.8) is 0 Å². The number of sulfonamides is 1. The molecule has 7 nitrogen and oxygen atoms in total. The predicted molar refractivity (Wildman–Crippen MR) is 142 cm³/mol. The lowest BCUT2D eigenvalue weighted by atomic mass is 10.1. The van der Waals surface area contributed by atoms with E-state index in [-0.39, 0.29) is 26.5 Å². The molecule has 0 spiro atoms. The van der Waals surface area contributed by atoms with Crippen LogP contribution in [-0.2, 0) is 14.8 Å². The molecule has 0 bridgehead atoms. The van der Waals surface area contributed by atoms with Gasteiger partial charge in [-0.05, 0) is 55.7 Å². The number of nitrogens with zero attached hydrogens (tertiary/aromatic N) is 2. The first-order valence-electron chi connectivity index (χ1n) is 11.5. The summed E-state index contributed by atoms with van der Waals surface area (Å²) < 4.78 is 28.0. The zero-order chi connectivity index (χ0) is 25.7. The van der Waals surface area contributed by atoms with Gasteiger partial charge in [-0.15, -0.1) is 0 Å². The van der Waals surface area contributed by atoms with Gasteiger partial charge in [0.15, 0.2) is 0 Å². The van der Waals surface area contributed by atoms with Crippen molar-refractivity contribution >= 4 is 56.4 Å². The van der Waals surface area contributed by atoms with Gasteiger partial charge in [0.1, 0.15) is 6.54 Å². The zero-order valence-electron chi connectivity index (χ0n) is 19.4. The van der Waals surface area contributed by atoms with Crippen LogP contribution in [0.1, 0.15) is 29.6 Å². The fraction of sp³-hybridized carbons (Fsp3) is 0.231. The van der Waals surface area contributed by atoms with Crippen molar-refractivity contribution in [2.24, 2.45) is 0 Å². The highest BCUT2D eigenvalue weighted by Crippen LogP contribution is 2.35. The van der Waals surface area contributed by atoms with E-state index in [4.69, 9.17) is 23.2 Å². The number of para-hydroxylation sites is 1. The van der Waals surface area contributed by atoms with Gasteiger partial charge < -0.3 is 10.2 Å². The van der Waals surface area contributed by atoms with E-state index in [1.165, 1.54) is 24.3 Å². The largest absolute Gasteiger partial charge is 0.339 e. The van der Waals surface area contributed by atoms with E-state index in [2.05, 4.69) is 5.32 Å². The Hall–Kier alpha value is -3.07. The normalized spacial score (nSPS) is 13.8. The number of likely N-dealkylation sites (tertiary alicyclic amines) is 1. The molecule has 36 heavy (non-hydrogen) atoms. The van der Waals surface area contributed by atoms with Crippen molar-refractivity contribution < 1.29 is 18.0 Å². The maximum atomic E-state index is 13.5. The molecule has 1 aliphatic heterocycles. The van der Waals surface area contributed by atoms with E-state index in [9.17, 15) is 18.0 Å². The Morgan fingerprint density at radius 2 is 1.53 bits per heavy atom. The Bertz CT molecular complexity index is 1360. The first kappa shape index (κ1) is 26.0. The highest BCUT2D eigenvalue weighted by molar-refractivity contribution is 7.92. The standard InChI is InChI=1S/C26H25Cl2N3O4S/c27-21-13-9-15-23(25(21)28)31(36(34,35)19-10-3-1-4-11-19)18-24(32)29-22-14-6-5-12-20(22)26(33)30-16-7-2-8-17-30/h1,3-6,9-15H,2,7-8,16-18H2,(H,29,32). The number of halogens is 2. The summed E-state index contributed by atoms with van der Waals surface area (Å²) in [6.07, 6.45) is 2.96. The van der Waals surface area contributed by atoms with Crippen LogP contribution in [0.3, 0.4) is 0 Å². The van der Waals surface area contributed by atoms with Gasteiger partial charge >= 0.3 is 0 Å². The summed E-state index contributed by atoms with van der Waals surface area (Å²) in [4.78, 5) is 28.1. The van der Waals surface area contributed by atoms with Gasteiger partial charge in [0, 0.05) is 13.1 Å². The minimum absolute atomic E-state index is 0.00508. The molecule has 0 aliphatic carbocycles. The number of rotatable bonds is 7. The number of nitrogens with one attached hydrogen (secondary N) is 1. The maximum absolute atomic E-state index is 13.5. The number of carbonyl (C=O) groups excluding carboxylic acids is 2. The summed E-state index contributed by atoms with van der Waals surface area (Å²) in [7, 11) is -4.17. The summed E-state index contributed by atoms with van der Waals surface area (Å²) in [6, 6.07) is 19.0. The zero-order valence-corrected chi connectivity index (χ0v) is 21.7. The van der Waals surface area contributed by atoms with Gasteiger partial charge in [-0.25, -0.2) is 8.42 Å². The van der Waals surface area contributed by atoms with Gasteiger partial charge in [0.05, 0.1) is 31.9 Å². The van der Waals surface area contributed by atoms with Crippen molar-refractivity contribution in [1.82, 2.24) is 4.90 Å². The van der Waals surface area contributed by atoms with Gasteiger partial charge in [0.25, 0.3) is 15.9 Å².